The molecule has 6 nitrogen and oxygen atoms in total. The SMILES string of the molecule is COc1ccc(C(=O)NC(=S)N2CCN(CCC#N)CC2)cc1Br. The van der Waals surface area contributed by atoms with E-state index in [4.69, 9.17) is 22.2 Å². The van der Waals surface area contributed by atoms with Crippen LogP contribution >= 0.6 is 28.1 Å². The average molecular weight is 411 g/mol. The number of rotatable bonds is 4. The van der Waals surface area contributed by atoms with Gasteiger partial charge in [0.05, 0.1) is 17.7 Å². The van der Waals surface area contributed by atoms with Crippen LogP contribution in [0.4, 0.5) is 0 Å². The molecule has 2 rings (SSSR count). The second kappa shape index (κ2) is 8.97. The summed E-state index contributed by atoms with van der Waals surface area (Å²) in [6, 6.07) is 7.29. The molecule has 8 heteroatoms. The van der Waals surface area contributed by atoms with E-state index < -0.39 is 0 Å². The Morgan fingerprint density at radius 3 is 2.71 bits per heavy atom. The van der Waals surface area contributed by atoms with Gasteiger partial charge in [0.15, 0.2) is 5.11 Å². The van der Waals surface area contributed by atoms with E-state index in [0.29, 0.717) is 22.8 Å². The second-order valence-corrected chi connectivity index (χ2v) is 6.59. The summed E-state index contributed by atoms with van der Waals surface area (Å²) in [5.41, 5.74) is 0.512. The number of nitriles is 1. The number of hydrogen-bond donors (Lipinski definition) is 1. The van der Waals surface area contributed by atoms with Crippen molar-refractivity contribution >= 4 is 39.2 Å². The van der Waals surface area contributed by atoms with Gasteiger partial charge in [-0.3, -0.25) is 15.0 Å². The van der Waals surface area contributed by atoms with Crippen LogP contribution in [0.2, 0.25) is 0 Å². The van der Waals surface area contributed by atoms with Crippen LogP contribution in [0, 0.1) is 11.3 Å². The van der Waals surface area contributed by atoms with Crippen molar-refractivity contribution in [2.45, 2.75) is 6.42 Å². The van der Waals surface area contributed by atoms with E-state index in [2.05, 4.69) is 32.2 Å². The molecule has 1 aliphatic heterocycles. The smallest absolute Gasteiger partial charge is 0.257 e. The fourth-order valence-corrected chi connectivity index (χ4v) is 3.25. The van der Waals surface area contributed by atoms with Crippen molar-refractivity contribution in [3.63, 3.8) is 0 Å². The third-order valence-electron chi connectivity index (χ3n) is 3.83. The number of nitrogens with zero attached hydrogens (tertiary/aromatic N) is 3. The monoisotopic (exact) mass is 410 g/mol. The topological polar surface area (TPSA) is 68.6 Å². The lowest BCUT2D eigenvalue weighted by molar-refractivity contribution is 0.0969. The fraction of sp³-hybridized carbons (Fsp3) is 0.438. The van der Waals surface area contributed by atoms with Crippen molar-refractivity contribution in [1.82, 2.24) is 15.1 Å². The van der Waals surface area contributed by atoms with Gasteiger partial charge in [0.1, 0.15) is 5.75 Å². The molecular weight excluding hydrogens is 392 g/mol. The minimum Gasteiger partial charge on any atom is -0.496 e. The van der Waals surface area contributed by atoms with Crippen LogP contribution in [-0.2, 0) is 0 Å². The number of benzene rings is 1. The van der Waals surface area contributed by atoms with Crippen molar-refractivity contribution in [1.29, 1.82) is 5.26 Å². The van der Waals surface area contributed by atoms with Gasteiger partial charge < -0.3 is 9.64 Å². The zero-order valence-electron chi connectivity index (χ0n) is 13.4. The molecule has 1 amide bonds. The molecule has 0 saturated carbocycles. The van der Waals surface area contributed by atoms with Gasteiger partial charge in [-0.05, 0) is 46.3 Å². The molecule has 0 bridgehead atoms. The maximum absolute atomic E-state index is 12.3. The molecule has 0 atom stereocenters. The van der Waals surface area contributed by atoms with Crippen LogP contribution in [0.15, 0.2) is 22.7 Å². The molecule has 1 heterocycles. The Morgan fingerprint density at radius 1 is 1.42 bits per heavy atom. The van der Waals surface area contributed by atoms with Crippen molar-refractivity contribution < 1.29 is 9.53 Å². The number of methoxy groups -OCH3 is 1. The Hall–Kier alpha value is -1.69. The lowest BCUT2D eigenvalue weighted by atomic mass is 10.2. The highest BCUT2D eigenvalue weighted by Crippen LogP contribution is 2.25. The molecule has 0 aliphatic carbocycles. The first-order valence-electron chi connectivity index (χ1n) is 7.58. The molecule has 1 aromatic carbocycles. The van der Waals surface area contributed by atoms with Gasteiger partial charge in [0, 0.05) is 44.7 Å². The summed E-state index contributed by atoms with van der Waals surface area (Å²) in [4.78, 5) is 16.5. The van der Waals surface area contributed by atoms with E-state index in [1.54, 1.807) is 25.3 Å². The van der Waals surface area contributed by atoms with Gasteiger partial charge >= 0.3 is 0 Å². The number of amides is 1. The first-order chi connectivity index (χ1) is 11.5. The summed E-state index contributed by atoms with van der Waals surface area (Å²) in [5.74, 6) is 0.429. The molecule has 0 unspecified atom stereocenters. The Kier molecular flexibility index (Phi) is 6.97. The molecule has 128 valence electrons. The van der Waals surface area contributed by atoms with Crippen LogP contribution in [0.1, 0.15) is 16.8 Å². The van der Waals surface area contributed by atoms with Gasteiger partial charge in [0.25, 0.3) is 5.91 Å². The normalized spacial score (nSPS) is 14.8. The summed E-state index contributed by atoms with van der Waals surface area (Å²) >= 11 is 8.71. The minimum atomic E-state index is -0.240. The highest BCUT2D eigenvalue weighted by molar-refractivity contribution is 9.10. The van der Waals surface area contributed by atoms with Gasteiger partial charge in [-0.25, -0.2) is 0 Å². The molecule has 1 aliphatic rings. The molecule has 1 saturated heterocycles. The highest BCUT2D eigenvalue weighted by Gasteiger charge is 2.20. The molecule has 24 heavy (non-hydrogen) atoms. The number of piperazine rings is 1. The Balaban J connectivity index is 1.87. The number of carbonyl (C=O) groups excluding carboxylic acids is 1. The van der Waals surface area contributed by atoms with Crippen molar-refractivity contribution in [2.75, 3.05) is 39.8 Å². The lowest BCUT2D eigenvalue weighted by Gasteiger charge is -2.35. The summed E-state index contributed by atoms with van der Waals surface area (Å²) in [7, 11) is 1.57. The van der Waals surface area contributed by atoms with E-state index in [1.165, 1.54) is 0 Å². The minimum absolute atomic E-state index is 0.240. The lowest BCUT2D eigenvalue weighted by Crippen LogP contribution is -2.52. The quantitative estimate of drug-likeness (QED) is 0.765. The van der Waals surface area contributed by atoms with Crippen molar-refractivity contribution in [3.05, 3.63) is 28.2 Å². The molecule has 1 fully saturated rings. The Morgan fingerprint density at radius 2 is 2.12 bits per heavy atom. The standard InChI is InChI=1S/C16H19BrN4O2S/c1-23-14-4-3-12(11-13(14)17)15(22)19-16(24)21-9-7-20(8-10-21)6-2-5-18/h3-4,11H,2,6-10H2,1H3,(H,19,22,24). The predicted octanol–water partition coefficient (Wildman–Crippen LogP) is 2.00. The number of carbonyl (C=O) groups is 1. The molecular formula is C16H19BrN4O2S. The summed E-state index contributed by atoms with van der Waals surface area (Å²) in [6.45, 7) is 3.95. The molecule has 0 aromatic heterocycles. The van der Waals surface area contributed by atoms with Gasteiger partial charge in [-0.1, -0.05) is 0 Å². The largest absolute Gasteiger partial charge is 0.496 e. The summed E-state index contributed by atoms with van der Waals surface area (Å²) in [6.07, 6.45) is 0.535. The van der Waals surface area contributed by atoms with E-state index in [-0.39, 0.29) is 5.91 Å². The van der Waals surface area contributed by atoms with Crippen molar-refractivity contribution in [2.24, 2.45) is 0 Å². The molecule has 1 aromatic rings. The van der Waals surface area contributed by atoms with Crippen LogP contribution in [0.5, 0.6) is 5.75 Å². The average Bonchev–Trinajstić information content (AvgIpc) is 2.60. The van der Waals surface area contributed by atoms with E-state index >= 15 is 0 Å². The summed E-state index contributed by atoms with van der Waals surface area (Å²) < 4.78 is 5.87. The number of ether oxygens (including phenoxy) is 1. The maximum Gasteiger partial charge on any atom is 0.257 e. The molecule has 1 N–H and O–H groups in total. The maximum atomic E-state index is 12.3. The predicted molar refractivity (Wildman–Crippen MR) is 99.0 cm³/mol. The van der Waals surface area contributed by atoms with E-state index in [0.717, 1.165) is 37.2 Å². The number of thiocarbonyl (C=S) groups is 1. The van der Waals surface area contributed by atoms with Crippen LogP contribution in [-0.4, -0.2) is 60.7 Å². The van der Waals surface area contributed by atoms with Crippen LogP contribution in [0.25, 0.3) is 0 Å². The van der Waals surface area contributed by atoms with Crippen molar-refractivity contribution in [3.8, 4) is 11.8 Å². The van der Waals surface area contributed by atoms with Crippen LogP contribution in [0.3, 0.4) is 0 Å². The zero-order valence-corrected chi connectivity index (χ0v) is 15.8. The fourth-order valence-electron chi connectivity index (χ4n) is 2.44. The number of nitrogens with one attached hydrogen (secondary N) is 1. The van der Waals surface area contributed by atoms with Crippen LogP contribution < -0.4 is 10.1 Å². The third kappa shape index (κ3) is 4.90. The molecule has 0 radical (unpaired) electrons. The number of hydrogen-bond acceptors (Lipinski definition) is 5. The third-order valence-corrected chi connectivity index (χ3v) is 4.81. The molecule has 0 spiro atoms. The van der Waals surface area contributed by atoms with E-state index in [1.807, 2.05) is 4.90 Å². The second-order valence-electron chi connectivity index (χ2n) is 5.35. The van der Waals surface area contributed by atoms with E-state index in [9.17, 15) is 4.79 Å². The first-order valence-corrected chi connectivity index (χ1v) is 8.78. The highest BCUT2D eigenvalue weighted by atomic mass is 79.9. The first kappa shape index (κ1) is 18.6. The van der Waals surface area contributed by atoms with Gasteiger partial charge in [-0.15, -0.1) is 0 Å². The van der Waals surface area contributed by atoms with Gasteiger partial charge in [-0.2, -0.15) is 5.26 Å². The Bertz CT molecular complexity index is 654. The van der Waals surface area contributed by atoms with Gasteiger partial charge in [0.2, 0.25) is 0 Å². The number of halogens is 1. The Labute approximate surface area is 155 Å². The zero-order chi connectivity index (χ0) is 17.5. The summed E-state index contributed by atoms with van der Waals surface area (Å²) in [5, 5.41) is 11.8.